The topological polar surface area (TPSA) is 55.1 Å². The molecule has 3 nitrogen and oxygen atoms in total. The predicted octanol–water partition coefficient (Wildman–Crippen LogP) is 1.28. The molecule has 2 rings (SSSR count). The molecule has 0 atom stereocenters. The average Bonchev–Trinajstić information content (AvgIpc) is 2.31. The van der Waals surface area contributed by atoms with E-state index in [1.54, 1.807) is 6.07 Å². The van der Waals surface area contributed by atoms with Crippen LogP contribution in [0.3, 0.4) is 0 Å². The molecule has 17 heavy (non-hydrogen) atoms. The fourth-order valence-electron chi connectivity index (χ4n) is 1.75. The maximum atomic E-state index is 12.0. The summed E-state index contributed by atoms with van der Waals surface area (Å²) >= 11 is 0. The fraction of sp³-hybridized carbons (Fsp3) is 0.357. The number of nitrogens with two attached hydrogens (primary N) is 1. The number of nitrogens with one attached hydrogen (secondary N) is 1. The zero-order valence-electron chi connectivity index (χ0n) is 9.70. The highest BCUT2D eigenvalue weighted by molar-refractivity contribution is 5.96. The molecule has 3 heteroatoms. The van der Waals surface area contributed by atoms with E-state index in [1.165, 1.54) is 6.42 Å². The minimum atomic E-state index is -0.0309. The van der Waals surface area contributed by atoms with Crippen LogP contribution in [-0.4, -0.2) is 18.5 Å². The summed E-state index contributed by atoms with van der Waals surface area (Å²) in [6, 6.07) is 7.72. The molecule has 88 valence electrons. The zero-order chi connectivity index (χ0) is 12.1. The van der Waals surface area contributed by atoms with Gasteiger partial charge < -0.3 is 11.1 Å². The Labute approximate surface area is 101 Å². The van der Waals surface area contributed by atoms with Crippen molar-refractivity contribution in [1.29, 1.82) is 0 Å². The summed E-state index contributed by atoms with van der Waals surface area (Å²) in [5, 5.41) is 3.01. The summed E-state index contributed by atoms with van der Waals surface area (Å²) < 4.78 is 0. The summed E-state index contributed by atoms with van der Waals surface area (Å²) in [4.78, 5) is 12.0. The summed E-state index contributed by atoms with van der Waals surface area (Å²) in [5.74, 6) is 5.68. The summed E-state index contributed by atoms with van der Waals surface area (Å²) in [6.07, 6.45) is 3.38. The number of benzene rings is 1. The number of hydrogen-bond acceptors (Lipinski definition) is 2. The van der Waals surface area contributed by atoms with Crippen molar-refractivity contribution in [1.82, 2.24) is 5.32 Å². The molecule has 0 bridgehead atoms. The highest BCUT2D eigenvalue weighted by atomic mass is 16.1. The minimum Gasteiger partial charge on any atom is -0.349 e. The van der Waals surface area contributed by atoms with E-state index < -0.39 is 0 Å². The van der Waals surface area contributed by atoms with Gasteiger partial charge >= 0.3 is 0 Å². The van der Waals surface area contributed by atoms with Crippen LogP contribution in [0.15, 0.2) is 24.3 Å². The Kier molecular flexibility index (Phi) is 3.79. The average molecular weight is 228 g/mol. The van der Waals surface area contributed by atoms with Crippen molar-refractivity contribution in [3.8, 4) is 11.8 Å². The molecule has 1 saturated carbocycles. The number of hydrogen-bond donors (Lipinski definition) is 2. The Morgan fingerprint density at radius 3 is 2.82 bits per heavy atom. The molecule has 1 aromatic carbocycles. The maximum Gasteiger partial charge on any atom is 0.252 e. The SMILES string of the molecule is NCC#Cc1ccccc1C(=O)NC1CCC1. The van der Waals surface area contributed by atoms with E-state index in [2.05, 4.69) is 17.2 Å². The largest absolute Gasteiger partial charge is 0.349 e. The van der Waals surface area contributed by atoms with Gasteiger partial charge in [-0.15, -0.1) is 0 Å². The molecule has 0 saturated heterocycles. The van der Waals surface area contributed by atoms with Crippen LogP contribution in [0.25, 0.3) is 0 Å². The number of carbonyl (C=O) groups excluding carboxylic acids is 1. The third-order valence-electron chi connectivity index (χ3n) is 2.94. The lowest BCUT2D eigenvalue weighted by molar-refractivity contribution is 0.0917. The van der Waals surface area contributed by atoms with Crippen LogP contribution in [0.1, 0.15) is 35.2 Å². The van der Waals surface area contributed by atoms with Gasteiger partial charge in [0.05, 0.1) is 12.1 Å². The van der Waals surface area contributed by atoms with Crippen LogP contribution in [-0.2, 0) is 0 Å². The Bertz CT molecular complexity index is 467. The molecule has 0 aliphatic heterocycles. The van der Waals surface area contributed by atoms with E-state index in [0.717, 1.165) is 18.4 Å². The smallest absolute Gasteiger partial charge is 0.252 e. The normalized spacial score (nSPS) is 14.4. The first-order valence-electron chi connectivity index (χ1n) is 5.90. The van der Waals surface area contributed by atoms with Gasteiger partial charge in [0.1, 0.15) is 0 Å². The van der Waals surface area contributed by atoms with Crippen LogP contribution in [0, 0.1) is 11.8 Å². The van der Waals surface area contributed by atoms with Crippen molar-refractivity contribution in [2.24, 2.45) is 5.73 Å². The molecule has 0 unspecified atom stereocenters. The maximum absolute atomic E-state index is 12.0. The van der Waals surface area contributed by atoms with Gasteiger partial charge in [0.2, 0.25) is 0 Å². The van der Waals surface area contributed by atoms with Crippen LogP contribution >= 0.6 is 0 Å². The summed E-state index contributed by atoms with van der Waals surface area (Å²) in [6.45, 7) is 0.304. The van der Waals surface area contributed by atoms with Gasteiger partial charge in [-0.2, -0.15) is 0 Å². The standard InChI is InChI=1S/C14H16N2O/c15-10-4-6-11-5-1-2-9-13(11)14(17)16-12-7-3-8-12/h1-2,5,9,12H,3,7-8,10,15H2,(H,16,17). The Balaban J connectivity index is 2.15. The molecule has 1 aliphatic rings. The highest BCUT2D eigenvalue weighted by Gasteiger charge is 2.20. The van der Waals surface area contributed by atoms with Crippen LogP contribution < -0.4 is 11.1 Å². The van der Waals surface area contributed by atoms with E-state index in [0.29, 0.717) is 18.2 Å². The van der Waals surface area contributed by atoms with Gasteiger partial charge in [0, 0.05) is 11.6 Å². The van der Waals surface area contributed by atoms with Crippen LogP contribution in [0.5, 0.6) is 0 Å². The Morgan fingerprint density at radius 2 is 2.18 bits per heavy atom. The third-order valence-corrected chi connectivity index (χ3v) is 2.94. The van der Waals surface area contributed by atoms with Crippen LogP contribution in [0.4, 0.5) is 0 Å². The van der Waals surface area contributed by atoms with Gasteiger partial charge in [-0.05, 0) is 31.4 Å². The molecule has 0 spiro atoms. The van der Waals surface area contributed by atoms with Crippen molar-refractivity contribution in [3.05, 3.63) is 35.4 Å². The molecule has 0 heterocycles. The monoisotopic (exact) mass is 228 g/mol. The molecule has 0 aromatic heterocycles. The van der Waals surface area contributed by atoms with Crippen molar-refractivity contribution in [3.63, 3.8) is 0 Å². The molecule has 0 radical (unpaired) electrons. The second kappa shape index (κ2) is 5.51. The van der Waals surface area contributed by atoms with Crippen LogP contribution in [0.2, 0.25) is 0 Å². The van der Waals surface area contributed by atoms with E-state index in [4.69, 9.17) is 5.73 Å². The highest BCUT2D eigenvalue weighted by Crippen LogP contribution is 2.19. The molecule has 1 aromatic rings. The second-order valence-corrected chi connectivity index (χ2v) is 4.15. The number of rotatable bonds is 2. The van der Waals surface area contributed by atoms with Crippen molar-refractivity contribution in [2.45, 2.75) is 25.3 Å². The lowest BCUT2D eigenvalue weighted by Crippen LogP contribution is -2.39. The lowest BCUT2D eigenvalue weighted by atomic mass is 9.92. The van der Waals surface area contributed by atoms with Crippen molar-refractivity contribution in [2.75, 3.05) is 6.54 Å². The van der Waals surface area contributed by atoms with E-state index >= 15 is 0 Å². The lowest BCUT2D eigenvalue weighted by Gasteiger charge is -2.26. The van der Waals surface area contributed by atoms with E-state index in [9.17, 15) is 4.79 Å². The van der Waals surface area contributed by atoms with Gasteiger partial charge in [-0.3, -0.25) is 4.79 Å². The Hall–Kier alpha value is -1.79. The minimum absolute atomic E-state index is 0.0309. The van der Waals surface area contributed by atoms with Crippen molar-refractivity contribution < 1.29 is 4.79 Å². The molecule has 1 aliphatic carbocycles. The molecule has 1 fully saturated rings. The van der Waals surface area contributed by atoms with Crippen molar-refractivity contribution >= 4 is 5.91 Å². The van der Waals surface area contributed by atoms with Gasteiger partial charge in [0.15, 0.2) is 0 Å². The van der Waals surface area contributed by atoms with E-state index in [-0.39, 0.29) is 5.91 Å². The van der Waals surface area contributed by atoms with E-state index in [1.807, 2.05) is 18.2 Å². The number of carbonyl (C=O) groups is 1. The summed E-state index contributed by atoms with van der Waals surface area (Å²) in [5.41, 5.74) is 6.72. The first-order valence-corrected chi connectivity index (χ1v) is 5.90. The second-order valence-electron chi connectivity index (χ2n) is 4.15. The fourth-order valence-corrected chi connectivity index (χ4v) is 1.75. The Morgan fingerprint density at radius 1 is 1.41 bits per heavy atom. The number of amides is 1. The molecule has 3 N–H and O–H groups in total. The third kappa shape index (κ3) is 2.86. The first kappa shape index (κ1) is 11.7. The predicted molar refractivity (Wildman–Crippen MR) is 67.5 cm³/mol. The quantitative estimate of drug-likeness (QED) is 0.749. The molecular formula is C14H16N2O. The molecular weight excluding hydrogens is 212 g/mol. The zero-order valence-corrected chi connectivity index (χ0v) is 9.70. The van der Waals surface area contributed by atoms with Gasteiger partial charge in [-0.1, -0.05) is 24.0 Å². The van der Waals surface area contributed by atoms with Gasteiger partial charge in [-0.25, -0.2) is 0 Å². The van der Waals surface area contributed by atoms with Gasteiger partial charge in [0.25, 0.3) is 5.91 Å². The molecule has 1 amide bonds. The first-order chi connectivity index (χ1) is 8.31. The summed E-state index contributed by atoms with van der Waals surface area (Å²) in [7, 11) is 0.